The van der Waals surface area contributed by atoms with Gasteiger partial charge in [-0.05, 0) is 59.4 Å². The van der Waals surface area contributed by atoms with Gasteiger partial charge >= 0.3 is 5.97 Å². The fraction of sp³-hybridized carbons (Fsp3) is 0.227. The lowest BCUT2D eigenvalue weighted by Gasteiger charge is -2.20. The number of hydrogen-bond donors (Lipinski definition) is 2. The molecular weight excluding hydrogens is 310 g/mol. The molecule has 3 rings (SSSR count). The number of carboxylic acids is 1. The summed E-state index contributed by atoms with van der Waals surface area (Å²) in [7, 11) is 0. The molecule has 0 spiro atoms. The number of H-pyrrole nitrogens is 1. The minimum absolute atomic E-state index is 0.100. The van der Waals surface area contributed by atoms with Crippen LogP contribution in [0.15, 0.2) is 48.5 Å². The van der Waals surface area contributed by atoms with Gasteiger partial charge in [-0.3, -0.25) is 0 Å². The van der Waals surface area contributed by atoms with Gasteiger partial charge in [0.15, 0.2) is 0 Å². The second-order valence-corrected chi connectivity index (χ2v) is 7.48. The van der Waals surface area contributed by atoms with Gasteiger partial charge in [0.1, 0.15) is 0 Å². The van der Waals surface area contributed by atoms with Crippen molar-refractivity contribution in [1.29, 1.82) is 0 Å². The van der Waals surface area contributed by atoms with Crippen LogP contribution in [-0.2, 0) is 10.2 Å². The van der Waals surface area contributed by atoms with Crippen LogP contribution < -0.4 is 0 Å². The fourth-order valence-corrected chi connectivity index (χ4v) is 2.95. The summed E-state index contributed by atoms with van der Waals surface area (Å²) in [6.07, 6.45) is 2.77. The van der Waals surface area contributed by atoms with E-state index in [9.17, 15) is 4.79 Å². The number of rotatable bonds is 3. The van der Waals surface area contributed by atoms with E-state index >= 15 is 0 Å². The maximum absolute atomic E-state index is 10.7. The lowest BCUT2D eigenvalue weighted by Crippen LogP contribution is -2.11. The molecule has 0 bridgehead atoms. The van der Waals surface area contributed by atoms with Crippen molar-refractivity contribution in [3.63, 3.8) is 0 Å². The zero-order valence-electron chi connectivity index (χ0n) is 15.1. The van der Waals surface area contributed by atoms with Gasteiger partial charge in [0, 0.05) is 28.2 Å². The first-order chi connectivity index (χ1) is 11.7. The highest BCUT2D eigenvalue weighted by Gasteiger charge is 2.16. The van der Waals surface area contributed by atoms with Crippen molar-refractivity contribution < 1.29 is 9.90 Å². The third kappa shape index (κ3) is 3.66. The molecule has 0 fully saturated rings. The Kier molecular flexibility index (Phi) is 4.25. The van der Waals surface area contributed by atoms with Crippen LogP contribution in [0.4, 0.5) is 0 Å². The average Bonchev–Trinajstić information content (AvgIpc) is 2.95. The van der Waals surface area contributed by atoms with Gasteiger partial charge in [0.25, 0.3) is 0 Å². The average molecular weight is 333 g/mol. The predicted molar refractivity (Wildman–Crippen MR) is 104 cm³/mol. The van der Waals surface area contributed by atoms with E-state index in [0.29, 0.717) is 0 Å². The number of carbonyl (C=O) groups is 1. The van der Waals surface area contributed by atoms with Crippen molar-refractivity contribution in [2.45, 2.75) is 33.1 Å². The van der Waals surface area contributed by atoms with Crippen molar-refractivity contribution in [2.75, 3.05) is 0 Å². The molecule has 2 N–H and O–H groups in total. The topological polar surface area (TPSA) is 53.1 Å². The molecule has 0 aliphatic carbocycles. The Morgan fingerprint density at radius 1 is 1.08 bits per heavy atom. The summed E-state index contributed by atoms with van der Waals surface area (Å²) in [5, 5.41) is 9.84. The van der Waals surface area contributed by atoms with Crippen LogP contribution in [0.2, 0.25) is 0 Å². The van der Waals surface area contributed by atoms with Crippen molar-refractivity contribution >= 4 is 22.9 Å². The molecule has 0 aliphatic rings. The molecule has 25 heavy (non-hydrogen) atoms. The lowest BCUT2D eigenvalue weighted by molar-refractivity contribution is -0.131. The zero-order chi connectivity index (χ0) is 18.2. The quantitative estimate of drug-likeness (QED) is 0.618. The molecule has 0 atom stereocenters. The van der Waals surface area contributed by atoms with E-state index in [2.05, 4.69) is 56.9 Å². The Hall–Kier alpha value is -2.81. The number of fused-ring (bicyclic) bond motifs is 1. The molecule has 1 aromatic heterocycles. The summed E-state index contributed by atoms with van der Waals surface area (Å²) >= 11 is 0. The molecule has 128 valence electrons. The van der Waals surface area contributed by atoms with Gasteiger partial charge in [0.05, 0.1) is 0 Å². The molecular formula is C22H23NO2. The zero-order valence-corrected chi connectivity index (χ0v) is 15.1. The Morgan fingerprint density at radius 2 is 1.84 bits per heavy atom. The molecule has 0 unspecified atom stereocenters. The molecule has 0 saturated heterocycles. The van der Waals surface area contributed by atoms with Gasteiger partial charge < -0.3 is 10.1 Å². The van der Waals surface area contributed by atoms with Crippen LogP contribution in [0, 0.1) is 6.92 Å². The second-order valence-electron chi connectivity index (χ2n) is 7.48. The minimum Gasteiger partial charge on any atom is -0.478 e. The smallest absolute Gasteiger partial charge is 0.328 e. The summed E-state index contributed by atoms with van der Waals surface area (Å²) in [6, 6.07) is 14.6. The largest absolute Gasteiger partial charge is 0.478 e. The number of hydrogen-bond acceptors (Lipinski definition) is 1. The monoisotopic (exact) mass is 333 g/mol. The van der Waals surface area contributed by atoms with E-state index in [-0.39, 0.29) is 5.41 Å². The molecule has 0 aliphatic heterocycles. The third-order valence-electron chi connectivity index (χ3n) is 4.46. The summed E-state index contributed by atoms with van der Waals surface area (Å²) < 4.78 is 0. The van der Waals surface area contributed by atoms with E-state index in [4.69, 9.17) is 5.11 Å². The molecule has 3 nitrogen and oxygen atoms in total. The van der Waals surface area contributed by atoms with Crippen LogP contribution in [0.5, 0.6) is 0 Å². The van der Waals surface area contributed by atoms with Gasteiger partial charge in [-0.1, -0.05) is 39.0 Å². The number of benzene rings is 2. The molecule has 2 aromatic carbocycles. The summed E-state index contributed by atoms with van der Waals surface area (Å²) in [5.41, 5.74) is 6.83. The van der Waals surface area contributed by atoms with E-state index in [0.717, 1.165) is 28.2 Å². The highest BCUT2D eigenvalue weighted by Crippen LogP contribution is 2.32. The van der Waals surface area contributed by atoms with Crippen molar-refractivity contribution in [2.24, 2.45) is 0 Å². The van der Waals surface area contributed by atoms with Crippen molar-refractivity contribution in [3.8, 4) is 11.3 Å². The molecule has 3 aromatic rings. The Balaban J connectivity index is 2.06. The third-order valence-corrected chi connectivity index (χ3v) is 4.46. The van der Waals surface area contributed by atoms with Crippen LogP contribution in [0.1, 0.15) is 37.5 Å². The lowest BCUT2D eigenvalue weighted by atomic mass is 9.85. The van der Waals surface area contributed by atoms with Gasteiger partial charge in [-0.2, -0.15) is 0 Å². The van der Waals surface area contributed by atoms with E-state index in [1.807, 2.05) is 18.2 Å². The van der Waals surface area contributed by atoms with E-state index < -0.39 is 5.97 Å². The standard InChI is InChI=1S/C22H23NO2/c1-14-5-8-17(22(2,3)4)13-18(14)20-12-16-11-15(7-10-21(24)25)6-9-19(16)23-20/h5-13,23H,1-4H3,(H,24,25)/b10-7+. The number of aromatic amines is 1. The van der Waals surface area contributed by atoms with Gasteiger partial charge in [-0.15, -0.1) is 0 Å². The molecule has 0 saturated carbocycles. The van der Waals surface area contributed by atoms with Crippen molar-refractivity contribution in [1.82, 2.24) is 4.98 Å². The van der Waals surface area contributed by atoms with E-state index in [1.54, 1.807) is 6.08 Å². The van der Waals surface area contributed by atoms with Crippen molar-refractivity contribution in [3.05, 3.63) is 65.2 Å². The first-order valence-electron chi connectivity index (χ1n) is 8.39. The first-order valence-corrected chi connectivity index (χ1v) is 8.39. The number of aryl methyl sites for hydroxylation is 1. The van der Waals surface area contributed by atoms with Crippen LogP contribution in [0.25, 0.3) is 28.2 Å². The van der Waals surface area contributed by atoms with Crippen LogP contribution in [0.3, 0.4) is 0 Å². The van der Waals surface area contributed by atoms with Crippen LogP contribution in [-0.4, -0.2) is 16.1 Å². The molecule has 0 amide bonds. The first kappa shape index (κ1) is 17.0. The van der Waals surface area contributed by atoms with Gasteiger partial charge in [0.2, 0.25) is 0 Å². The SMILES string of the molecule is Cc1ccc(C(C)(C)C)cc1-c1cc2cc(/C=C/C(=O)O)ccc2[nH]1. The second kappa shape index (κ2) is 6.25. The maximum atomic E-state index is 10.7. The summed E-state index contributed by atoms with van der Waals surface area (Å²) in [4.78, 5) is 14.2. The number of aliphatic carboxylic acids is 1. The Bertz CT molecular complexity index is 971. The molecule has 0 radical (unpaired) electrons. The highest BCUT2D eigenvalue weighted by molar-refractivity contribution is 5.90. The minimum atomic E-state index is -0.940. The number of aromatic nitrogens is 1. The van der Waals surface area contributed by atoms with Crippen LogP contribution >= 0.6 is 0 Å². The fourth-order valence-electron chi connectivity index (χ4n) is 2.95. The maximum Gasteiger partial charge on any atom is 0.328 e. The summed E-state index contributed by atoms with van der Waals surface area (Å²) in [5.74, 6) is -0.940. The Morgan fingerprint density at radius 3 is 2.52 bits per heavy atom. The number of carboxylic acid groups (broad SMARTS) is 1. The molecule has 3 heteroatoms. The normalized spacial score (nSPS) is 12.2. The summed E-state index contributed by atoms with van der Waals surface area (Å²) in [6.45, 7) is 8.77. The Labute approximate surface area is 148 Å². The number of nitrogens with one attached hydrogen (secondary N) is 1. The van der Waals surface area contributed by atoms with Gasteiger partial charge in [-0.25, -0.2) is 4.79 Å². The van der Waals surface area contributed by atoms with E-state index in [1.165, 1.54) is 16.7 Å². The molecule has 1 heterocycles. The highest BCUT2D eigenvalue weighted by atomic mass is 16.4. The predicted octanol–water partition coefficient (Wildman–Crippen LogP) is 5.54.